The minimum absolute atomic E-state index is 0.0519. The first kappa shape index (κ1) is 25.0. The van der Waals surface area contributed by atoms with Crippen molar-refractivity contribution in [2.24, 2.45) is 5.41 Å². The van der Waals surface area contributed by atoms with Crippen molar-refractivity contribution < 1.29 is 18.0 Å². The highest BCUT2D eigenvalue weighted by Crippen LogP contribution is 2.48. The highest BCUT2D eigenvalue weighted by Gasteiger charge is 2.43. The molecule has 0 amide bonds. The summed E-state index contributed by atoms with van der Waals surface area (Å²) in [7, 11) is 0. The van der Waals surface area contributed by atoms with Gasteiger partial charge in [-0.3, -0.25) is 4.79 Å². The number of thiocarbonyl (C=S) groups is 1. The van der Waals surface area contributed by atoms with E-state index < -0.39 is 17.8 Å². The normalized spacial score (nSPS) is 18.9. The van der Waals surface area contributed by atoms with Crippen LogP contribution in [0.4, 0.5) is 30.2 Å². The molecule has 0 saturated heterocycles. The van der Waals surface area contributed by atoms with Gasteiger partial charge in [0.15, 0.2) is 10.9 Å². The fraction of sp³-hybridized carbons (Fsp3) is 0.241. The molecule has 0 saturated carbocycles. The van der Waals surface area contributed by atoms with Gasteiger partial charge < -0.3 is 15.5 Å². The third-order valence-corrected chi connectivity index (χ3v) is 7.00. The van der Waals surface area contributed by atoms with Crippen LogP contribution in [0.5, 0.6) is 0 Å². The van der Waals surface area contributed by atoms with E-state index in [0.717, 1.165) is 34.9 Å². The molecule has 2 N–H and O–H groups in total. The summed E-state index contributed by atoms with van der Waals surface area (Å²) in [6.07, 6.45) is -3.52. The lowest BCUT2D eigenvalue weighted by molar-refractivity contribution is -0.137. The number of nitrogens with zero attached hydrogens (tertiary/aromatic N) is 1. The van der Waals surface area contributed by atoms with E-state index in [1.807, 2.05) is 73.3 Å². The zero-order valence-corrected chi connectivity index (χ0v) is 21.2. The van der Waals surface area contributed by atoms with E-state index in [1.165, 1.54) is 12.1 Å². The van der Waals surface area contributed by atoms with Gasteiger partial charge in [-0.05, 0) is 66.0 Å². The van der Waals surface area contributed by atoms with Gasteiger partial charge in [0.05, 0.1) is 23.0 Å². The molecular formula is C29H26F3N3OS. The number of anilines is 3. The zero-order valence-electron chi connectivity index (χ0n) is 20.4. The molecule has 0 bridgehead atoms. The Morgan fingerprint density at radius 3 is 2.30 bits per heavy atom. The molecule has 190 valence electrons. The van der Waals surface area contributed by atoms with Crippen LogP contribution in [0.1, 0.15) is 43.9 Å². The molecule has 4 nitrogen and oxygen atoms in total. The first-order valence-electron chi connectivity index (χ1n) is 12.0. The molecule has 2 aliphatic rings. The van der Waals surface area contributed by atoms with Crippen molar-refractivity contribution in [1.29, 1.82) is 0 Å². The molecule has 5 rings (SSSR count). The Morgan fingerprint density at radius 1 is 0.973 bits per heavy atom. The van der Waals surface area contributed by atoms with E-state index in [2.05, 4.69) is 10.6 Å². The topological polar surface area (TPSA) is 44.4 Å². The lowest BCUT2D eigenvalue weighted by atomic mass is 9.73. The molecular weight excluding hydrogens is 495 g/mol. The third-order valence-electron chi connectivity index (χ3n) is 6.70. The number of rotatable bonds is 2. The van der Waals surface area contributed by atoms with E-state index in [1.54, 1.807) is 0 Å². The van der Waals surface area contributed by atoms with Crippen LogP contribution in [0.3, 0.4) is 0 Å². The van der Waals surface area contributed by atoms with E-state index in [-0.39, 0.29) is 11.2 Å². The Labute approximate surface area is 219 Å². The Bertz CT molecular complexity index is 1380. The number of halogens is 3. The summed E-state index contributed by atoms with van der Waals surface area (Å²) in [5.74, 6) is -0.0519. The van der Waals surface area contributed by atoms with Crippen molar-refractivity contribution in [3.8, 4) is 0 Å². The molecule has 1 aliphatic carbocycles. The first-order valence-corrected chi connectivity index (χ1v) is 12.4. The van der Waals surface area contributed by atoms with Crippen molar-refractivity contribution in [2.45, 2.75) is 38.9 Å². The summed E-state index contributed by atoms with van der Waals surface area (Å²) >= 11 is 5.91. The average Bonchev–Trinajstić information content (AvgIpc) is 2.98. The first-order chi connectivity index (χ1) is 17.5. The quantitative estimate of drug-likeness (QED) is 0.338. The van der Waals surface area contributed by atoms with Gasteiger partial charge in [0, 0.05) is 23.4 Å². The van der Waals surface area contributed by atoms with Crippen LogP contribution in [0.15, 0.2) is 90.1 Å². The summed E-state index contributed by atoms with van der Waals surface area (Å²) in [5, 5.41) is 7.07. The second-order valence-corrected chi connectivity index (χ2v) is 10.6. The number of ketones is 1. The largest absolute Gasteiger partial charge is 0.416 e. The van der Waals surface area contributed by atoms with Crippen LogP contribution in [0.2, 0.25) is 0 Å². The summed E-state index contributed by atoms with van der Waals surface area (Å²) in [5.41, 5.74) is 3.08. The number of alkyl halides is 3. The number of allylic oxidation sites excluding steroid dienone is 1. The molecule has 0 radical (unpaired) electrons. The van der Waals surface area contributed by atoms with Crippen LogP contribution in [-0.2, 0) is 11.0 Å². The van der Waals surface area contributed by atoms with E-state index in [0.29, 0.717) is 29.1 Å². The smallest absolute Gasteiger partial charge is 0.357 e. The van der Waals surface area contributed by atoms with Gasteiger partial charge in [0.2, 0.25) is 0 Å². The predicted octanol–water partition coefficient (Wildman–Crippen LogP) is 7.72. The molecule has 1 heterocycles. The molecule has 8 heteroatoms. The highest BCUT2D eigenvalue weighted by molar-refractivity contribution is 7.80. The standard InChI is InChI=1S/C29H26F3N3OS/c1-28(2)16-22-25(24(36)17-28)26(18-12-14-19(15-13-18)29(30,31)32)35(23-11-7-6-10-21(23)34-22)27(37)33-20-8-4-3-5-9-20/h3-15,26,34H,16-17H2,1-2H3,(H,33,37). The second kappa shape index (κ2) is 9.34. The number of fused-ring (bicyclic) bond motifs is 1. The average molecular weight is 522 g/mol. The molecule has 1 aliphatic heterocycles. The monoisotopic (exact) mass is 521 g/mol. The number of hydrogen-bond acceptors (Lipinski definition) is 3. The zero-order chi connectivity index (χ0) is 26.4. The van der Waals surface area contributed by atoms with Crippen LogP contribution in [-0.4, -0.2) is 10.9 Å². The van der Waals surface area contributed by atoms with E-state index >= 15 is 0 Å². The molecule has 1 atom stereocenters. The van der Waals surface area contributed by atoms with Crippen molar-refractivity contribution in [2.75, 3.05) is 15.5 Å². The minimum Gasteiger partial charge on any atom is -0.357 e. The van der Waals surface area contributed by atoms with Crippen LogP contribution >= 0.6 is 12.2 Å². The molecule has 3 aromatic carbocycles. The predicted molar refractivity (Wildman–Crippen MR) is 144 cm³/mol. The molecule has 0 spiro atoms. The Morgan fingerprint density at radius 2 is 1.62 bits per heavy atom. The Hall–Kier alpha value is -3.65. The van der Waals surface area contributed by atoms with Gasteiger partial charge in [-0.2, -0.15) is 13.2 Å². The number of Topliss-reactive ketones (excluding diaryl/α,β-unsaturated/α-hetero) is 1. The van der Waals surface area contributed by atoms with Gasteiger partial charge in [0.25, 0.3) is 0 Å². The van der Waals surface area contributed by atoms with Gasteiger partial charge in [-0.1, -0.05) is 56.3 Å². The SMILES string of the molecule is CC1(C)CC(=O)C2=C(C1)Nc1ccccc1N(C(=S)Nc1ccccc1)C2c1ccc(C(F)(F)F)cc1. The molecule has 3 aromatic rings. The van der Waals surface area contributed by atoms with Crippen molar-refractivity contribution in [3.05, 3.63) is 101 Å². The fourth-order valence-corrected chi connectivity index (χ4v) is 5.41. The summed E-state index contributed by atoms with van der Waals surface area (Å²) < 4.78 is 40.1. The minimum atomic E-state index is -4.46. The van der Waals surface area contributed by atoms with Crippen LogP contribution in [0.25, 0.3) is 0 Å². The Kier molecular flexibility index (Phi) is 6.31. The maximum atomic E-state index is 13.7. The number of carbonyl (C=O) groups excluding carboxylic acids is 1. The lowest BCUT2D eigenvalue weighted by Crippen LogP contribution is -2.41. The van der Waals surface area contributed by atoms with Crippen molar-refractivity contribution >= 4 is 40.2 Å². The molecule has 37 heavy (non-hydrogen) atoms. The van der Waals surface area contributed by atoms with Crippen LogP contribution < -0.4 is 15.5 Å². The van der Waals surface area contributed by atoms with Gasteiger partial charge >= 0.3 is 6.18 Å². The van der Waals surface area contributed by atoms with Crippen molar-refractivity contribution in [3.63, 3.8) is 0 Å². The van der Waals surface area contributed by atoms with Crippen LogP contribution in [0, 0.1) is 5.41 Å². The molecule has 0 aromatic heterocycles. The number of carbonyl (C=O) groups is 1. The van der Waals surface area contributed by atoms with Gasteiger partial charge in [-0.25, -0.2) is 0 Å². The van der Waals surface area contributed by atoms with E-state index in [9.17, 15) is 18.0 Å². The van der Waals surface area contributed by atoms with Gasteiger partial charge in [0.1, 0.15) is 0 Å². The maximum Gasteiger partial charge on any atom is 0.416 e. The summed E-state index contributed by atoms with van der Waals surface area (Å²) in [4.78, 5) is 15.6. The fourth-order valence-electron chi connectivity index (χ4n) is 5.09. The van der Waals surface area contributed by atoms with Crippen molar-refractivity contribution in [1.82, 2.24) is 0 Å². The molecule has 0 fully saturated rings. The lowest BCUT2D eigenvalue weighted by Gasteiger charge is -2.38. The number of para-hydroxylation sites is 3. The van der Waals surface area contributed by atoms with E-state index in [4.69, 9.17) is 12.2 Å². The second-order valence-electron chi connectivity index (χ2n) is 10.2. The molecule has 1 unspecified atom stereocenters. The highest BCUT2D eigenvalue weighted by atomic mass is 32.1. The van der Waals surface area contributed by atoms with Gasteiger partial charge in [-0.15, -0.1) is 0 Å². The maximum absolute atomic E-state index is 13.7. The Balaban J connectivity index is 1.71. The number of benzene rings is 3. The number of nitrogens with one attached hydrogen (secondary N) is 2. The number of hydrogen-bond donors (Lipinski definition) is 2. The summed E-state index contributed by atoms with van der Waals surface area (Å²) in [6, 6.07) is 21.3. The summed E-state index contributed by atoms with van der Waals surface area (Å²) in [6.45, 7) is 4.08. The third kappa shape index (κ3) is 4.98.